The quantitative estimate of drug-likeness (QED) is 0.347. The number of thiophene rings is 1. The minimum Gasteiger partial charge on any atom is -0.437 e. The zero-order valence-electron chi connectivity index (χ0n) is 21.3. The Labute approximate surface area is 213 Å². The number of amides is 1. The summed E-state index contributed by atoms with van der Waals surface area (Å²) in [6, 6.07) is 5.76. The third kappa shape index (κ3) is 4.44. The van der Waals surface area contributed by atoms with Crippen molar-refractivity contribution in [2.24, 2.45) is 7.05 Å². The van der Waals surface area contributed by atoms with Gasteiger partial charge >= 0.3 is 0 Å². The van der Waals surface area contributed by atoms with E-state index in [-0.39, 0.29) is 17.5 Å². The molecule has 36 heavy (non-hydrogen) atoms. The smallest absolute Gasteiger partial charge is 0.274 e. The van der Waals surface area contributed by atoms with E-state index in [0.717, 1.165) is 45.0 Å². The van der Waals surface area contributed by atoms with Crippen LogP contribution in [0, 0.1) is 20.8 Å². The first-order chi connectivity index (χ1) is 16.9. The molecule has 0 aliphatic heterocycles. The number of carbonyl (C=O) groups is 1. The average molecular weight is 507 g/mol. The Morgan fingerprint density at radius 2 is 1.97 bits per heavy atom. The van der Waals surface area contributed by atoms with Gasteiger partial charge in [0.25, 0.3) is 11.5 Å². The number of hydrogen-bond acceptors (Lipinski definition) is 6. The van der Waals surface area contributed by atoms with Crippen LogP contribution in [0.2, 0.25) is 0 Å². The summed E-state index contributed by atoms with van der Waals surface area (Å²) in [4.78, 5) is 34.8. The molecule has 0 bridgehead atoms. The van der Waals surface area contributed by atoms with Crippen LogP contribution in [0.1, 0.15) is 58.9 Å². The second-order valence-corrected chi connectivity index (χ2v) is 11.2. The molecule has 1 saturated carbocycles. The van der Waals surface area contributed by atoms with Crippen molar-refractivity contribution in [2.45, 2.75) is 59.1 Å². The van der Waals surface area contributed by atoms with Gasteiger partial charge in [0.15, 0.2) is 5.75 Å². The van der Waals surface area contributed by atoms with Crippen molar-refractivity contribution in [3.8, 4) is 22.1 Å². The van der Waals surface area contributed by atoms with Gasteiger partial charge in [0, 0.05) is 52.4 Å². The highest BCUT2D eigenvalue weighted by Gasteiger charge is 2.30. The molecule has 4 aromatic heterocycles. The number of H-pyrrole nitrogens is 1. The Hall–Kier alpha value is -3.43. The molecule has 9 heteroatoms. The molecule has 0 saturated heterocycles. The standard InChI is InChI=1S/C27H30N4O4S/c1-13-9-14(2)28-20(10-13)35-22-15(3)24(27(4,5)34)36-23(22)18-12-31(6)26(33)21-17(18)11-19(30-21)25(32)29-16-7-8-16/h9-12,16,30,34H,7-8H2,1-6H3,(H,29,32). The van der Waals surface area contributed by atoms with Crippen LogP contribution in [0.15, 0.2) is 29.2 Å². The lowest BCUT2D eigenvalue weighted by molar-refractivity contribution is 0.0817. The number of aromatic nitrogens is 3. The van der Waals surface area contributed by atoms with Crippen LogP contribution in [0.4, 0.5) is 0 Å². The number of fused-ring (bicyclic) bond motifs is 1. The van der Waals surface area contributed by atoms with E-state index in [4.69, 9.17) is 4.74 Å². The number of aryl methyl sites for hydroxylation is 3. The number of nitrogens with zero attached hydrogens (tertiary/aromatic N) is 2. The molecule has 188 valence electrons. The van der Waals surface area contributed by atoms with Gasteiger partial charge in [0.1, 0.15) is 11.2 Å². The van der Waals surface area contributed by atoms with Crippen LogP contribution in [-0.4, -0.2) is 31.6 Å². The first-order valence-corrected chi connectivity index (χ1v) is 12.8. The van der Waals surface area contributed by atoms with Crippen LogP contribution in [0.25, 0.3) is 21.3 Å². The van der Waals surface area contributed by atoms with Gasteiger partial charge in [-0.2, -0.15) is 0 Å². The maximum Gasteiger partial charge on any atom is 0.274 e. The molecular formula is C27H30N4O4S. The SMILES string of the molecule is Cc1cc(C)nc(Oc2c(-c3cn(C)c(=O)c4[nH]c(C(=O)NC5CC5)cc34)sc(C(C)(C)O)c2C)c1. The minimum atomic E-state index is -1.10. The molecular weight excluding hydrogens is 476 g/mol. The Kier molecular flexibility index (Phi) is 5.80. The van der Waals surface area contributed by atoms with Gasteiger partial charge < -0.3 is 24.7 Å². The highest BCUT2D eigenvalue weighted by Crippen LogP contribution is 2.48. The number of aliphatic hydroxyl groups is 1. The predicted octanol–water partition coefficient (Wildman–Crippen LogP) is 4.83. The molecule has 1 amide bonds. The molecule has 0 spiro atoms. The summed E-state index contributed by atoms with van der Waals surface area (Å²) in [5, 5.41) is 14.5. The number of carbonyl (C=O) groups excluding carboxylic acids is 1. The molecule has 8 nitrogen and oxygen atoms in total. The Morgan fingerprint density at radius 1 is 1.25 bits per heavy atom. The van der Waals surface area contributed by atoms with Gasteiger partial charge in [-0.15, -0.1) is 11.3 Å². The second-order valence-electron chi connectivity index (χ2n) is 10.2. The number of rotatable bonds is 6. The molecule has 5 rings (SSSR count). The summed E-state index contributed by atoms with van der Waals surface area (Å²) in [6.45, 7) is 9.28. The monoisotopic (exact) mass is 506 g/mol. The van der Waals surface area contributed by atoms with Crippen LogP contribution in [-0.2, 0) is 12.6 Å². The number of ether oxygens (including phenoxy) is 1. The van der Waals surface area contributed by atoms with E-state index in [1.807, 2.05) is 32.9 Å². The zero-order valence-corrected chi connectivity index (χ0v) is 22.1. The van der Waals surface area contributed by atoms with E-state index in [2.05, 4.69) is 15.3 Å². The van der Waals surface area contributed by atoms with Crippen molar-refractivity contribution in [3.05, 3.63) is 62.1 Å². The maximum absolute atomic E-state index is 13.0. The number of pyridine rings is 2. The fourth-order valence-corrected chi connectivity index (χ4v) is 5.73. The van der Waals surface area contributed by atoms with Crippen molar-refractivity contribution in [3.63, 3.8) is 0 Å². The van der Waals surface area contributed by atoms with Crippen LogP contribution in [0.3, 0.4) is 0 Å². The molecule has 0 atom stereocenters. The minimum absolute atomic E-state index is 0.200. The van der Waals surface area contributed by atoms with Gasteiger partial charge in [-0.3, -0.25) is 9.59 Å². The summed E-state index contributed by atoms with van der Waals surface area (Å²) >= 11 is 1.41. The fourth-order valence-electron chi connectivity index (χ4n) is 4.47. The largest absolute Gasteiger partial charge is 0.437 e. The van der Waals surface area contributed by atoms with Gasteiger partial charge in [0.2, 0.25) is 5.88 Å². The molecule has 0 radical (unpaired) electrons. The summed E-state index contributed by atoms with van der Waals surface area (Å²) in [7, 11) is 1.68. The maximum atomic E-state index is 13.0. The highest BCUT2D eigenvalue weighted by atomic mass is 32.1. The molecule has 0 aromatic carbocycles. The lowest BCUT2D eigenvalue weighted by Gasteiger charge is -2.16. The van der Waals surface area contributed by atoms with Crippen molar-refractivity contribution in [2.75, 3.05) is 0 Å². The van der Waals surface area contributed by atoms with E-state index >= 15 is 0 Å². The van der Waals surface area contributed by atoms with E-state index in [9.17, 15) is 14.7 Å². The Bertz CT molecular complexity index is 1550. The van der Waals surface area contributed by atoms with E-state index in [1.165, 1.54) is 15.9 Å². The summed E-state index contributed by atoms with van der Waals surface area (Å²) in [5.41, 5.74) is 2.75. The van der Waals surface area contributed by atoms with Crippen LogP contribution in [0.5, 0.6) is 11.6 Å². The lowest BCUT2D eigenvalue weighted by atomic mass is 10.0. The van der Waals surface area contributed by atoms with Crippen molar-refractivity contribution < 1.29 is 14.6 Å². The third-order valence-corrected chi connectivity index (χ3v) is 7.91. The highest BCUT2D eigenvalue weighted by molar-refractivity contribution is 7.16. The number of hydrogen-bond donors (Lipinski definition) is 3. The molecule has 1 aliphatic carbocycles. The lowest BCUT2D eigenvalue weighted by Crippen LogP contribution is -2.25. The predicted molar refractivity (Wildman–Crippen MR) is 141 cm³/mol. The topological polar surface area (TPSA) is 109 Å². The molecule has 0 unspecified atom stereocenters. The van der Waals surface area contributed by atoms with Crippen molar-refractivity contribution >= 4 is 28.1 Å². The summed E-state index contributed by atoms with van der Waals surface area (Å²) in [5.74, 6) is 0.800. The van der Waals surface area contributed by atoms with Crippen molar-refractivity contribution in [1.82, 2.24) is 19.9 Å². The van der Waals surface area contributed by atoms with Crippen molar-refractivity contribution in [1.29, 1.82) is 0 Å². The van der Waals surface area contributed by atoms with E-state index < -0.39 is 5.60 Å². The number of nitrogens with one attached hydrogen (secondary N) is 2. The fraction of sp³-hybridized carbons (Fsp3) is 0.370. The first kappa shape index (κ1) is 24.3. The van der Waals surface area contributed by atoms with E-state index in [0.29, 0.717) is 28.2 Å². The molecule has 4 heterocycles. The zero-order chi connectivity index (χ0) is 25.9. The van der Waals surface area contributed by atoms with Crippen LogP contribution < -0.4 is 15.6 Å². The molecule has 3 N–H and O–H groups in total. The van der Waals surface area contributed by atoms with Gasteiger partial charge in [-0.25, -0.2) is 4.98 Å². The first-order valence-electron chi connectivity index (χ1n) is 12.0. The molecule has 1 fully saturated rings. The normalized spacial score (nSPS) is 13.9. The van der Waals surface area contributed by atoms with Gasteiger partial charge in [-0.1, -0.05) is 0 Å². The van der Waals surface area contributed by atoms with Gasteiger partial charge in [0.05, 0.1) is 10.5 Å². The Balaban J connectivity index is 1.72. The summed E-state index contributed by atoms with van der Waals surface area (Å²) < 4.78 is 7.87. The number of aromatic amines is 1. The third-order valence-electron chi connectivity index (χ3n) is 6.29. The van der Waals surface area contributed by atoms with Crippen LogP contribution >= 0.6 is 11.3 Å². The molecule has 1 aliphatic rings. The Morgan fingerprint density at radius 3 is 2.61 bits per heavy atom. The summed E-state index contributed by atoms with van der Waals surface area (Å²) in [6.07, 6.45) is 3.70. The van der Waals surface area contributed by atoms with E-state index in [1.54, 1.807) is 33.2 Å². The average Bonchev–Trinajstić information content (AvgIpc) is 3.36. The van der Waals surface area contributed by atoms with Gasteiger partial charge in [-0.05, 0) is 65.2 Å². The second kappa shape index (κ2) is 8.60. The molecule has 4 aromatic rings.